The molecule has 29 heavy (non-hydrogen) atoms. The van der Waals surface area contributed by atoms with Crippen LogP contribution in [0.4, 0.5) is 11.4 Å². The molecule has 0 aliphatic heterocycles. The van der Waals surface area contributed by atoms with Crippen LogP contribution < -0.4 is 9.62 Å². The van der Waals surface area contributed by atoms with Gasteiger partial charge in [-0.15, -0.1) is 0 Å². The summed E-state index contributed by atoms with van der Waals surface area (Å²) in [6.07, 6.45) is 1.07. The van der Waals surface area contributed by atoms with Crippen molar-refractivity contribution in [3.05, 3.63) is 83.4 Å². The number of benzene rings is 3. The van der Waals surface area contributed by atoms with Gasteiger partial charge in [0, 0.05) is 16.3 Å². The molecule has 0 saturated carbocycles. The minimum Gasteiger partial charge on any atom is -0.324 e. The third kappa shape index (κ3) is 4.96. The Morgan fingerprint density at radius 2 is 1.62 bits per heavy atom. The number of hydrogen-bond donors (Lipinski definition) is 1. The van der Waals surface area contributed by atoms with Gasteiger partial charge in [-0.05, 0) is 36.2 Å². The monoisotopic (exact) mass is 428 g/mol. The summed E-state index contributed by atoms with van der Waals surface area (Å²) < 4.78 is 25.8. The van der Waals surface area contributed by atoms with Crippen LogP contribution >= 0.6 is 11.6 Å². The van der Waals surface area contributed by atoms with E-state index >= 15 is 0 Å². The minimum atomic E-state index is -3.69. The first-order valence-corrected chi connectivity index (χ1v) is 11.2. The van der Waals surface area contributed by atoms with Crippen molar-refractivity contribution in [2.75, 3.05) is 22.4 Å². The van der Waals surface area contributed by atoms with Crippen LogP contribution in [-0.4, -0.2) is 27.1 Å². The quantitative estimate of drug-likeness (QED) is 0.617. The molecule has 0 atom stereocenters. The summed E-state index contributed by atoms with van der Waals surface area (Å²) in [4.78, 5) is 12.8. The van der Waals surface area contributed by atoms with E-state index in [1.165, 1.54) is 0 Å². The fourth-order valence-corrected chi connectivity index (χ4v) is 4.11. The Kier molecular flexibility index (Phi) is 6.25. The van der Waals surface area contributed by atoms with Crippen LogP contribution in [0.5, 0.6) is 0 Å². The first kappa shape index (κ1) is 20.9. The van der Waals surface area contributed by atoms with E-state index in [1.54, 1.807) is 31.2 Å². The molecule has 0 aliphatic carbocycles. The van der Waals surface area contributed by atoms with Crippen LogP contribution in [0.15, 0.2) is 72.8 Å². The lowest BCUT2D eigenvalue weighted by Crippen LogP contribution is -2.38. The first-order valence-electron chi connectivity index (χ1n) is 8.94. The molecule has 0 radical (unpaired) electrons. The van der Waals surface area contributed by atoms with E-state index in [1.807, 2.05) is 48.5 Å². The molecular formula is C22H21ClN2O3S. The number of carbonyl (C=O) groups excluding carboxylic acids is 1. The lowest BCUT2D eigenvalue weighted by Gasteiger charge is -2.24. The summed E-state index contributed by atoms with van der Waals surface area (Å²) in [7, 11) is -3.69. The maximum absolute atomic E-state index is 12.8. The maximum atomic E-state index is 12.8. The van der Waals surface area contributed by atoms with Crippen molar-refractivity contribution in [3.8, 4) is 11.1 Å². The van der Waals surface area contributed by atoms with E-state index in [0.717, 1.165) is 21.7 Å². The zero-order valence-corrected chi connectivity index (χ0v) is 17.7. The Labute approximate surface area is 176 Å². The molecule has 5 nitrogen and oxygen atoms in total. The lowest BCUT2D eigenvalue weighted by molar-refractivity contribution is -0.114. The SMILES string of the molecule is Cc1c(Cl)cccc1N(CC(=O)Nc1ccccc1-c1ccccc1)S(C)(=O)=O. The van der Waals surface area contributed by atoms with E-state index in [-0.39, 0.29) is 6.54 Å². The normalized spacial score (nSPS) is 11.1. The topological polar surface area (TPSA) is 66.5 Å². The van der Waals surface area contributed by atoms with Crippen LogP contribution in [0, 0.1) is 6.92 Å². The number of hydrogen-bond acceptors (Lipinski definition) is 3. The van der Waals surface area contributed by atoms with Gasteiger partial charge in [-0.3, -0.25) is 9.10 Å². The van der Waals surface area contributed by atoms with Gasteiger partial charge in [-0.25, -0.2) is 8.42 Å². The molecule has 3 aromatic carbocycles. The highest BCUT2D eigenvalue weighted by atomic mass is 35.5. The summed E-state index contributed by atoms with van der Waals surface area (Å²) in [6, 6.07) is 22.0. The number of nitrogens with one attached hydrogen (secondary N) is 1. The molecule has 0 aliphatic rings. The minimum absolute atomic E-state index is 0.358. The zero-order chi connectivity index (χ0) is 21.0. The number of carbonyl (C=O) groups is 1. The molecule has 1 amide bonds. The molecule has 0 fully saturated rings. The van der Waals surface area contributed by atoms with Crippen molar-refractivity contribution in [2.45, 2.75) is 6.92 Å². The van der Waals surface area contributed by atoms with Gasteiger partial charge >= 0.3 is 0 Å². The van der Waals surface area contributed by atoms with Crippen LogP contribution in [-0.2, 0) is 14.8 Å². The van der Waals surface area contributed by atoms with E-state index in [2.05, 4.69) is 5.32 Å². The highest BCUT2D eigenvalue weighted by Crippen LogP contribution is 2.29. The van der Waals surface area contributed by atoms with E-state index in [9.17, 15) is 13.2 Å². The molecular weight excluding hydrogens is 408 g/mol. The summed E-state index contributed by atoms with van der Waals surface area (Å²) in [5.41, 5.74) is 3.39. The molecule has 3 aromatic rings. The van der Waals surface area contributed by atoms with E-state index < -0.39 is 15.9 Å². The summed E-state index contributed by atoms with van der Waals surface area (Å²) in [6.45, 7) is 1.36. The van der Waals surface area contributed by atoms with Gasteiger partial charge in [0.05, 0.1) is 11.9 Å². The number of rotatable bonds is 6. The van der Waals surface area contributed by atoms with Crippen molar-refractivity contribution in [1.82, 2.24) is 0 Å². The summed E-state index contributed by atoms with van der Waals surface area (Å²) in [5, 5.41) is 3.27. The number of halogens is 1. The first-order chi connectivity index (χ1) is 13.8. The number of nitrogens with zero attached hydrogens (tertiary/aromatic N) is 1. The highest BCUT2D eigenvalue weighted by molar-refractivity contribution is 7.92. The second kappa shape index (κ2) is 8.68. The molecule has 0 unspecified atom stereocenters. The van der Waals surface area contributed by atoms with Gasteiger partial charge in [0.1, 0.15) is 6.54 Å². The van der Waals surface area contributed by atoms with Gasteiger partial charge in [0.2, 0.25) is 15.9 Å². The fraction of sp³-hybridized carbons (Fsp3) is 0.136. The predicted molar refractivity (Wildman–Crippen MR) is 119 cm³/mol. The molecule has 150 valence electrons. The Morgan fingerprint density at radius 3 is 2.31 bits per heavy atom. The van der Waals surface area contributed by atoms with Gasteiger partial charge < -0.3 is 5.32 Å². The van der Waals surface area contributed by atoms with Crippen LogP contribution in [0.25, 0.3) is 11.1 Å². The van der Waals surface area contributed by atoms with Gasteiger partial charge in [0.15, 0.2) is 0 Å². The highest BCUT2D eigenvalue weighted by Gasteiger charge is 2.23. The van der Waals surface area contributed by atoms with Crippen LogP contribution in [0.3, 0.4) is 0 Å². The molecule has 7 heteroatoms. The van der Waals surface area contributed by atoms with Crippen molar-refractivity contribution in [3.63, 3.8) is 0 Å². The van der Waals surface area contributed by atoms with Crippen molar-refractivity contribution in [1.29, 1.82) is 0 Å². The summed E-state index contributed by atoms with van der Waals surface area (Å²) in [5.74, 6) is -0.446. The van der Waals surface area contributed by atoms with E-state index in [0.29, 0.717) is 22.0 Å². The average molecular weight is 429 g/mol. The Bertz CT molecular complexity index is 1130. The molecule has 0 bridgehead atoms. The van der Waals surface area contributed by atoms with Crippen LogP contribution in [0.2, 0.25) is 5.02 Å². The zero-order valence-electron chi connectivity index (χ0n) is 16.1. The molecule has 3 rings (SSSR count). The van der Waals surface area contributed by atoms with Crippen molar-refractivity contribution >= 4 is 38.9 Å². The smallest absolute Gasteiger partial charge is 0.245 e. The average Bonchev–Trinajstić information content (AvgIpc) is 2.69. The third-order valence-electron chi connectivity index (χ3n) is 4.48. The number of anilines is 2. The Morgan fingerprint density at radius 1 is 0.966 bits per heavy atom. The fourth-order valence-electron chi connectivity index (χ4n) is 3.03. The number of para-hydroxylation sites is 1. The molecule has 0 spiro atoms. The predicted octanol–water partition coefficient (Wildman–Crippen LogP) is 4.72. The Hall–Kier alpha value is -2.83. The molecule has 1 N–H and O–H groups in total. The summed E-state index contributed by atoms with van der Waals surface area (Å²) >= 11 is 6.14. The van der Waals surface area contributed by atoms with Crippen LogP contribution in [0.1, 0.15) is 5.56 Å². The second-order valence-corrected chi connectivity index (χ2v) is 8.93. The van der Waals surface area contributed by atoms with Gasteiger partial charge in [-0.1, -0.05) is 66.2 Å². The molecule has 0 aromatic heterocycles. The van der Waals surface area contributed by atoms with Gasteiger partial charge in [0.25, 0.3) is 0 Å². The molecule has 0 saturated heterocycles. The maximum Gasteiger partial charge on any atom is 0.245 e. The van der Waals surface area contributed by atoms with E-state index in [4.69, 9.17) is 11.6 Å². The second-order valence-electron chi connectivity index (χ2n) is 6.61. The number of amides is 1. The largest absolute Gasteiger partial charge is 0.324 e. The number of sulfonamides is 1. The van der Waals surface area contributed by atoms with Gasteiger partial charge in [-0.2, -0.15) is 0 Å². The van der Waals surface area contributed by atoms with Crippen molar-refractivity contribution in [2.24, 2.45) is 0 Å². The lowest BCUT2D eigenvalue weighted by atomic mass is 10.0. The Balaban J connectivity index is 1.89. The molecule has 0 heterocycles. The van der Waals surface area contributed by atoms with Crippen molar-refractivity contribution < 1.29 is 13.2 Å². The standard InChI is InChI=1S/C22H21ClN2O3S/c1-16-19(23)12-8-14-21(16)25(29(2,27)28)15-22(26)24-20-13-7-6-11-18(20)17-9-4-3-5-10-17/h3-14H,15H2,1-2H3,(H,24,26). The third-order valence-corrected chi connectivity index (χ3v) is 6.02.